The molecule has 0 N–H and O–H groups in total. The molecule has 0 saturated carbocycles. The Morgan fingerprint density at radius 1 is 1.44 bits per heavy atom. The first-order chi connectivity index (χ1) is 8.64. The Morgan fingerprint density at radius 2 is 2.28 bits per heavy atom. The summed E-state index contributed by atoms with van der Waals surface area (Å²) in [5.74, 6) is 1.28. The van der Waals surface area contributed by atoms with E-state index in [1.165, 1.54) is 0 Å². The monoisotopic (exact) mass is 248 g/mol. The molecule has 2 unspecified atom stereocenters. The van der Waals surface area contributed by atoms with Gasteiger partial charge in [-0.15, -0.1) is 0 Å². The summed E-state index contributed by atoms with van der Waals surface area (Å²) >= 11 is 0. The summed E-state index contributed by atoms with van der Waals surface area (Å²) in [6, 6.07) is 5.32. The lowest BCUT2D eigenvalue weighted by atomic mass is 9.83. The zero-order valence-electron chi connectivity index (χ0n) is 10.6. The van der Waals surface area contributed by atoms with E-state index in [2.05, 4.69) is 0 Å². The van der Waals surface area contributed by atoms with Gasteiger partial charge >= 0.3 is 0 Å². The van der Waals surface area contributed by atoms with Crippen LogP contribution in [0.5, 0.6) is 11.5 Å². The third kappa shape index (κ3) is 1.60. The first kappa shape index (κ1) is 11.5. The lowest BCUT2D eigenvalue weighted by Gasteiger charge is -2.43. The number of carbonyl (C=O) groups excluding carboxylic acids is 1. The number of ether oxygens (including phenoxy) is 3. The van der Waals surface area contributed by atoms with Crippen molar-refractivity contribution in [2.75, 3.05) is 13.7 Å². The summed E-state index contributed by atoms with van der Waals surface area (Å²) in [4.78, 5) is 12.5. The fourth-order valence-corrected chi connectivity index (χ4v) is 2.70. The molecule has 0 aromatic heterocycles. The van der Waals surface area contributed by atoms with E-state index in [-0.39, 0.29) is 5.78 Å². The van der Waals surface area contributed by atoms with E-state index in [0.29, 0.717) is 23.7 Å². The van der Waals surface area contributed by atoms with Crippen molar-refractivity contribution in [1.29, 1.82) is 0 Å². The van der Waals surface area contributed by atoms with Crippen molar-refractivity contribution in [3.05, 3.63) is 23.8 Å². The van der Waals surface area contributed by atoms with Crippen molar-refractivity contribution in [3.63, 3.8) is 0 Å². The molecule has 1 fully saturated rings. The first-order valence-electron chi connectivity index (χ1n) is 6.17. The second kappa shape index (κ2) is 3.99. The van der Waals surface area contributed by atoms with Gasteiger partial charge in [0.1, 0.15) is 17.1 Å². The van der Waals surface area contributed by atoms with Crippen molar-refractivity contribution in [3.8, 4) is 11.5 Å². The highest BCUT2D eigenvalue weighted by molar-refractivity contribution is 6.04. The maximum absolute atomic E-state index is 12.5. The SMILES string of the molecule is COc1ccc2c(c1)C(=O)C1OCCCC1(C)O2. The van der Waals surface area contributed by atoms with Crippen LogP contribution >= 0.6 is 0 Å². The number of Topliss-reactive ketones (excluding diaryl/α,β-unsaturated/α-hetero) is 1. The third-order valence-electron chi connectivity index (χ3n) is 3.69. The van der Waals surface area contributed by atoms with E-state index >= 15 is 0 Å². The Kier molecular flexibility index (Phi) is 2.55. The zero-order chi connectivity index (χ0) is 12.8. The van der Waals surface area contributed by atoms with Gasteiger partial charge in [0.2, 0.25) is 0 Å². The van der Waals surface area contributed by atoms with Crippen LogP contribution in [0.15, 0.2) is 18.2 Å². The summed E-state index contributed by atoms with van der Waals surface area (Å²) in [6.07, 6.45) is 1.27. The molecular weight excluding hydrogens is 232 g/mol. The van der Waals surface area contributed by atoms with E-state index in [4.69, 9.17) is 14.2 Å². The molecule has 0 bridgehead atoms. The Morgan fingerprint density at radius 3 is 3.06 bits per heavy atom. The van der Waals surface area contributed by atoms with Crippen LogP contribution in [0.2, 0.25) is 0 Å². The molecule has 0 radical (unpaired) electrons. The van der Waals surface area contributed by atoms with Crippen LogP contribution in [0.1, 0.15) is 30.1 Å². The molecule has 2 aliphatic heterocycles. The fourth-order valence-electron chi connectivity index (χ4n) is 2.70. The molecular formula is C14H16O4. The van der Waals surface area contributed by atoms with Crippen LogP contribution in [-0.4, -0.2) is 31.2 Å². The molecule has 18 heavy (non-hydrogen) atoms. The molecule has 1 aromatic carbocycles. The summed E-state index contributed by atoms with van der Waals surface area (Å²) in [5.41, 5.74) is 0.0235. The molecule has 2 heterocycles. The van der Waals surface area contributed by atoms with Gasteiger partial charge in [-0.1, -0.05) is 0 Å². The number of fused-ring (bicyclic) bond motifs is 2. The van der Waals surface area contributed by atoms with E-state index in [1.807, 2.05) is 6.92 Å². The average molecular weight is 248 g/mol. The van der Waals surface area contributed by atoms with E-state index in [1.54, 1.807) is 25.3 Å². The van der Waals surface area contributed by atoms with Crippen LogP contribution in [-0.2, 0) is 4.74 Å². The number of methoxy groups -OCH3 is 1. The van der Waals surface area contributed by atoms with Crippen molar-refractivity contribution in [2.24, 2.45) is 0 Å². The van der Waals surface area contributed by atoms with Gasteiger partial charge in [0.05, 0.1) is 12.7 Å². The van der Waals surface area contributed by atoms with E-state index < -0.39 is 11.7 Å². The molecule has 0 amide bonds. The van der Waals surface area contributed by atoms with Crippen LogP contribution in [0, 0.1) is 0 Å². The summed E-state index contributed by atoms with van der Waals surface area (Å²) in [5, 5.41) is 0. The largest absolute Gasteiger partial charge is 0.497 e. The predicted molar refractivity (Wildman–Crippen MR) is 65.3 cm³/mol. The minimum Gasteiger partial charge on any atom is -0.497 e. The predicted octanol–water partition coefficient (Wildman–Crippen LogP) is 2.21. The second-order valence-corrected chi connectivity index (χ2v) is 5.00. The maximum Gasteiger partial charge on any atom is 0.199 e. The van der Waals surface area contributed by atoms with Crippen molar-refractivity contribution < 1.29 is 19.0 Å². The minimum absolute atomic E-state index is 0.00245. The number of benzene rings is 1. The normalized spacial score (nSPS) is 30.1. The molecule has 2 atom stereocenters. The Balaban J connectivity index is 2.06. The molecule has 0 spiro atoms. The zero-order valence-corrected chi connectivity index (χ0v) is 10.6. The molecule has 3 rings (SSSR count). The lowest BCUT2D eigenvalue weighted by Crippen LogP contribution is -2.56. The van der Waals surface area contributed by atoms with Gasteiger partial charge < -0.3 is 14.2 Å². The average Bonchev–Trinajstić information content (AvgIpc) is 2.38. The van der Waals surface area contributed by atoms with Gasteiger partial charge in [-0.3, -0.25) is 4.79 Å². The molecule has 4 heteroatoms. The molecule has 0 aliphatic carbocycles. The molecule has 1 aromatic rings. The quantitative estimate of drug-likeness (QED) is 0.764. The number of rotatable bonds is 1. The number of ketones is 1. The van der Waals surface area contributed by atoms with Gasteiger partial charge in [0.25, 0.3) is 0 Å². The van der Waals surface area contributed by atoms with Gasteiger partial charge in [0, 0.05) is 6.61 Å². The van der Waals surface area contributed by atoms with Crippen molar-refractivity contribution in [2.45, 2.75) is 31.5 Å². The molecule has 96 valence electrons. The van der Waals surface area contributed by atoms with Crippen LogP contribution in [0.3, 0.4) is 0 Å². The lowest BCUT2D eigenvalue weighted by molar-refractivity contribution is -0.106. The second-order valence-electron chi connectivity index (χ2n) is 5.00. The fraction of sp³-hybridized carbons (Fsp3) is 0.500. The Bertz CT molecular complexity index is 497. The topological polar surface area (TPSA) is 44.8 Å². The highest BCUT2D eigenvalue weighted by atomic mass is 16.6. The summed E-state index contributed by atoms with van der Waals surface area (Å²) < 4.78 is 16.7. The minimum atomic E-state index is -0.531. The molecule has 4 nitrogen and oxygen atoms in total. The first-order valence-corrected chi connectivity index (χ1v) is 6.17. The van der Waals surface area contributed by atoms with E-state index in [9.17, 15) is 4.79 Å². The van der Waals surface area contributed by atoms with Crippen LogP contribution in [0.4, 0.5) is 0 Å². The number of carbonyl (C=O) groups is 1. The smallest absolute Gasteiger partial charge is 0.199 e. The summed E-state index contributed by atoms with van der Waals surface area (Å²) in [7, 11) is 1.58. The van der Waals surface area contributed by atoms with Gasteiger partial charge in [-0.25, -0.2) is 0 Å². The van der Waals surface area contributed by atoms with Crippen LogP contribution in [0.25, 0.3) is 0 Å². The highest BCUT2D eigenvalue weighted by Crippen LogP contribution is 2.40. The Hall–Kier alpha value is -1.55. The van der Waals surface area contributed by atoms with Crippen LogP contribution < -0.4 is 9.47 Å². The number of hydrogen-bond acceptors (Lipinski definition) is 4. The molecule has 1 saturated heterocycles. The van der Waals surface area contributed by atoms with Crippen molar-refractivity contribution >= 4 is 5.78 Å². The number of hydrogen-bond donors (Lipinski definition) is 0. The van der Waals surface area contributed by atoms with Crippen molar-refractivity contribution in [1.82, 2.24) is 0 Å². The third-order valence-corrected chi connectivity index (χ3v) is 3.69. The van der Waals surface area contributed by atoms with E-state index in [0.717, 1.165) is 12.8 Å². The van der Waals surface area contributed by atoms with Gasteiger partial charge in [-0.05, 0) is 38.0 Å². The maximum atomic E-state index is 12.5. The van der Waals surface area contributed by atoms with Gasteiger partial charge in [0.15, 0.2) is 11.9 Å². The highest BCUT2D eigenvalue weighted by Gasteiger charge is 2.48. The summed E-state index contributed by atoms with van der Waals surface area (Å²) in [6.45, 7) is 2.57. The standard InChI is InChI=1S/C14H16O4/c1-14-6-3-7-17-13(14)12(15)10-8-9(16-2)4-5-11(10)18-14/h4-5,8,13H,3,6-7H2,1-2H3. The molecule has 2 aliphatic rings. The van der Waals surface area contributed by atoms with Gasteiger partial charge in [-0.2, -0.15) is 0 Å². The Labute approximate surface area is 106 Å².